The number of aryl methyl sites for hydroxylation is 3. The summed E-state index contributed by atoms with van der Waals surface area (Å²) < 4.78 is 3.50. The number of hydrogen-bond acceptors (Lipinski definition) is 3. The van der Waals surface area contributed by atoms with Gasteiger partial charge in [-0.3, -0.25) is 9.59 Å². The number of amides is 1. The minimum absolute atomic E-state index is 0.0174. The Balaban J connectivity index is 1.80. The fraction of sp³-hybridized carbons (Fsp3) is 0.471. The van der Waals surface area contributed by atoms with Crippen molar-refractivity contribution in [2.45, 2.75) is 25.7 Å². The molecule has 0 saturated carbocycles. The van der Waals surface area contributed by atoms with Crippen molar-refractivity contribution in [2.75, 3.05) is 13.1 Å². The third kappa shape index (κ3) is 3.06. The first-order chi connectivity index (χ1) is 11.0. The molecule has 0 aromatic carbocycles. The first-order valence-corrected chi connectivity index (χ1v) is 7.91. The van der Waals surface area contributed by atoms with Crippen LogP contribution in [0.15, 0.2) is 29.3 Å². The predicted molar refractivity (Wildman–Crippen MR) is 87.5 cm³/mol. The van der Waals surface area contributed by atoms with Crippen LogP contribution in [-0.4, -0.2) is 38.0 Å². The van der Waals surface area contributed by atoms with E-state index in [0.717, 1.165) is 30.9 Å². The third-order valence-electron chi connectivity index (χ3n) is 4.44. The van der Waals surface area contributed by atoms with Gasteiger partial charge < -0.3 is 14.0 Å². The number of rotatable bonds is 2. The number of pyridine rings is 1. The maximum atomic E-state index is 12.7. The lowest BCUT2D eigenvalue weighted by Crippen LogP contribution is -2.40. The van der Waals surface area contributed by atoms with E-state index < -0.39 is 0 Å². The molecule has 122 valence electrons. The second-order valence-corrected chi connectivity index (χ2v) is 6.31. The van der Waals surface area contributed by atoms with Gasteiger partial charge in [-0.1, -0.05) is 0 Å². The number of hydrogen-bond donors (Lipinski definition) is 0. The van der Waals surface area contributed by atoms with E-state index in [2.05, 4.69) is 9.55 Å². The van der Waals surface area contributed by atoms with Crippen LogP contribution in [-0.2, 0) is 14.1 Å². The molecule has 1 amide bonds. The SMILES string of the molecule is Cc1cn(C)c(C2CCCN(C(=O)c3ccc(=O)n(C)c3)C2)n1. The van der Waals surface area contributed by atoms with Crippen LogP contribution in [0.4, 0.5) is 0 Å². The molecule has 3 rings (SSSR count). The molecule has 1 aliphatic heterocycles. The number of likely N-dealkylation sites (tertiary alicyclic amines) is 1. The molecule has 6 nitrogen and oxygen atoms in total. The highest BCUT2D eigenvalue weighted by molar-refractivity contribution is 5.94. The fourth-order valence-electron chi connectivity index (χ4n) is 3.29. The van der Waals surface area contributed by atoms with Crippen molar-refractivity contribution in [1.82, 2.24) is 19.0 Å². The molecule has 0 bridgehead atoms. The summed E-state index contributed by atoms with van der Waals surface area (Å²) in [5.41, 5.74) is 1.45. The second-order valence-electron chi connectivity index (χ2n) is 6.31. The number of carbonyl (C=O) groups excluding carboxylic acids is 1. The molecule has 1 atom stereocenters. The summed E-state index contributed by atoms with van der Waals surface area (Å²) in [6, 6.07) is 3.05. The average Bonchev–Trinajstić information content (AvgIpc) is 2.88. The monoisotopic (exact) mass is 314 g/mol. The summed E-state index contributed by atoms with van der Waals surface area (Å²) in [4.78, 5) is 30.7. The first kappa shape index (κ1) is 15.5. The van der Waals surface area contributed by atoms with Crippen molar-refractivity contribution in [2.24, 2.45) is 14.1 Å². The normalized spacial score (nSPS) is 18.2. The van der Waals surface area contributed by atoms with E-state index >= 15 is 0 Å². The Labute approximate surface area is 135 Å². The maximum Gasteiger partial charge on any atom is 0.255 e. The van der Waals surface area contributed by atoms with Gasteiger partial charge in [0.2, 0.25) is 5.56 Å². The summed E-state index contributed by atoms with van der Waals surface area (Å²) >= 11 is 0. The van der Waals surface area contributed by atoms with E-state index in [4.69, 9.17) is 0 Å². The molecular weight excluding hydrogens is 292 g/mol. The zero-order chi connectivity index (χ0) is 16.6. The molecule has 0 N–H and O–H groups in total. The summed E-state index contributed by atoms with van der Waals surface area (Å²) in [5.74, 6) is 1.29. The maximum absolute atomic E-state index is 12.7. The van der Waals surface area contributed by atoms with Gasteiger partial charge in [0.05, 0.1) is 11.3 Å². The van der Waals surface area contributed by atoms with Gasteiger partial charge in [0.25, 0.3) is 5.91 Å². The van der Waals surface area contributed by atoms with Gasteiger partial charge in [-0.15, -0.1) is 0 Å². The zero-order valence-corrected chi connectivity index (χ0v) is 13.8. The third-order valence-corrected chi connectivity index (χ3v) is 4.44. The summed E-state index contributed by atoms with van der Waals surface area (Å²) in [5, 5.41) is 0. The molecule has 1 fully saturated rings. The Hall–Kier alpha value is -2.37. The lowest BCUT2D eigenvalue weighted by atomic mass is 9.96. The highest BCUT2D eigenvalue weighted by Gasteiger charge is 2.28. The molecular formula is C17H22N4O2. The molecule has 2 aromatic rings. The number of piperidine rings is 1. The lowest BCUT2D eigenvalue weighted by molar-refractivity contribution is 0.0702. The second kappa shape index (κ2) is 6.02. The van der Waals surface area contributed by atoms with E-state index in [9.17, 15) is 9.59 Å². The smallest absolute Gasteiger partial charge is 0.255 e. The van der Waals surface area contributed by atoms with E-state index in [1.54, 1.807) is 19.3 Å². The quantitative estimate of drug-likeness (QED) is 0.843. The summed E-state index contributed by atoms with van der Waals surface area (Å²) in [7, 11) is 3.66. The van der Waals surface area contributed by atoms with Crippen LogP contribution in [0, 0.1) is 6.92 Å². The topological polar surface area (TPSA) is 60.1 Å². The van der Waals surface area contributed by atoms with E-state index in [1.165, 1.54) is 10.6 Å². The van der Waals surface area contributed by atoms with Gasteiger partial charge in [-0.25, -0.2) is 4.98 Å². The Morgan fingerprint density at radius 3 is 2.65 bits per heavy atom. The predicted octanol–water partition coefficient (Wildman–Crippen LogP) is 1.45. The molecule has 0 radical (unpaired) electrons. The molecule has 2 aromatic heterocycles. The molecule has 6 heteroatoms. The Morgan fingerprint density at radius 2 is 2.00 bits per heavy atom. The van der Waals surface area contributed by atoms with Gasteiger partial charge in [0.1, 0.15) is 5.82 Å². The molecule has 3 heterocycles. The van der Waals surface area contributed by atoms with Gasteiger partial charge in [-0.2, -0.15) is 0 Å². The van der Waals surface area contributed by atoms with Gasteiger partial charge in [-0.05, 0) is 25.8 Å². The van der Waals surface area contributed by atoms with Crippen molar-refractivity contribution < 1.29 is 4.79 Å². The average molecular weight is 314 g/mol. The Bertz CT molecular complexity index is 790. The van der Waals surface area contributed by atoms with E-state index in [-0.39, 0.29) is 17.4 Å². The number of nitrogens with zero attached hydrogens (tertiary/aromatic N) is 4. The van der Waals surface area contributed by atoms with Crippen LogP contribution in [0.3, 0.4) is 0 Å². The van der Waals surface area contributed by atoms with Gasteiger partial charge in [0, 0.05) is 51.6 Å². The number of aromatic nitrogens is 3. The highest BCUT2D eigenvalue weighted by Crippen LogP contribution is 2.26. The molecule has 23 heavy (non-hydrogen) atoms. The number of carbonyl (C=O) groups is 1. The largest absolute Gasteiger partial charge is 0.338 e. The first-order valence-electron chi connectivity index (χ1n) is 7.91. The summed E-state index contributed by atoms with van der Waals surface area (Å²) in [6.07, 6.45) is 5.64. The Kier molecular flexibility index (Phi) is 4.07. The van der Waals surface area contributed by atoms with Crippen LogP contribution in [0.2, 0.25) is 0 Å². The molecule has 1 saturated heterocycles. The number of imidazole rings is 1. The molecule has 1 aliphatic rings. The van der Waals surface area contributed by atoms with Crippen molar-refractivity contribution in [3.05, 3.63) is 52.0 Å². The molecule has 0 spiro atoms. The molecule has 0 aliphatic carbocycles. The van der Waals surface area contributed by atoms with E-state index in [1.807, 2.05) is 25.1 Å². The van der Waals surface area contributed by atoms with Crippen LogP contribution < -0.4 is 5.56 Å². The van der Waals surface area contributed by atoms with Crippen molar-refractivity contribution in [1.29, 1.82) is 0 Å². The van der Waals surface area contributed by atoms with Gasteiger partial charge >= 0.3 is 0 Å². The zero-order valence-electron chi connectivity index (χ0n) is 13.8. The van der Waals surface area contributed by atoms with Crippen molar-refractivity contribution in [3.63, 3.8) is 0 Å². The van der Waals surface area contributed by atoms with Crippen LogP contribution >= 0.6 is 0 Å². The summed E-state index contributed by atoms with van der Waals surface area (Å²) in [6.45, 7) is 3.41. The van der Waals surface area contributed by atoms with E-state index in [0.29, 0.717) is 12.1 Å². The minimum Gasteiger partial charge on any atom is -0.338 e. The van der Waals surface area contributed by atoms with Crippen LogP contribution in [0.5, 0.6) is 0 Å². The van der Waals surface area contributed by atoms with Crippen LogP contribution in [0.25, 0.3) is 0 Å². The van der Waals surface area contributed by atoms with Crippen molar-refractivity contribution in [3.8, 4) is 0 Å². The van der Waals surface area contributed by atoms with Gasteiger partial charge in [0.15, 0.2) is 0 Å². The minimum atomic E-state index is -0.110. The highest BCUT2D eigenvalue weighted by atomic mass is 16.2. The van der Waals surface area contributed by atoms with Crippen LogP contribution in [0.1, 0.15) is 40.6 Å². The Morgan fingerprint density at radius 1 is 1.22 bits per heavy atom. The lowest BCUT2D eigenvalue weighted by Gasteiger charge is -2.32. The fourth-order valence-corrected chi connectivity index (χ4v) is 3.29. The van der Waals surface area contributed by atoms with Crippen molar-refractivity contribution >= 4 is 5.91 Å². The standard InChI is InChI=1S/C17H22N4O2/c1-12-9-20(3)16(18-12)13-5-4-8-21(11-13)17(23)14-6-7-15(22)19(2)10-14/h6-7,9-10,13H,4-5,8,11H2,1-3H3. The molecule has 1 unspecified atom stereocenters.